The second-order valence-corrected chi connectivity index (χ2v) is 4.53. The van der Waals surface area contributed by atoms with E-state index in [0.717, 1.165) is 5.69 Å². The summed E-state index contributed by atoms with van der Waals surface area (Å²) in [5, 5.41) is 3.40. The van der Waals surface area contributed by atoms with E-state index in [1.165, 1.54) is 19.3 Å². The zero-order valence-electron chi connectivity index (χ0n) is 10.2. The van der Waals surface area contributed by atoms with Gasteiger partial charge in [0.1, 0.15) is 0 Å². The van der Waals surface area contributed by atoms with Crippen LogP contribution in [0.5, 0.6) is 5.88 Å². The van der Waals surface area contributed by atoms with Gasteiger partial charge >= 0.3 is 0 Å². The molecule has 1 N–H and O–H groups in total. The summed E-state index contributed by atoms with van der Waals surface area (Å²) in [5.41, 5.74) is 0.931. The molecule has 0 aromatic carbocycles. The minimum Gasteiger partial charge on any atom is -0.481 e. The normalized spacial score (nSPS) is 24.4. The van der Waals surface area contributed by atoms with Gasteiger partial charge in [0, 0.05) is 17.8 Å². The van der Waals surface area contributed by atoms with Gasteiger partial charge in [-0.2, -0.15) is 4.98 Å². The number of aryl methyl sites for hydroxylation is 1. The van der Waals surface area contributed by atoms with E-state index >= 15 is 0 Å². The van der Waals surface area contributed by atoms with E-state index in [-0.39, 0.29) is 0 Å². The van der Waals surface area contributed by atoms with Crippen molar-refractivity contribution in [3.63, 3.8) is 0 Å². The molecule has 1 aromatic rings. The fraction of sp³-hybridized carbons (Fsp3) is 0.667. The Labute approximate surface area is 96.4 Å². The molecule has 0 saturated heterocycles. The van der Waals surface area contributed by atoms with Crippen molar-refractivity contribution in [3.05, 3.63) is 11.8 Å². The lowest BCUT2D eigenvalue weighted by Gasteiger charge is -2.17. The number of rotatable bonds is 3. The van der Waals surface area contributed by atoms with Gasteiger partial charge in [-0.25, -0.2) is 4.98 Å². The third-order valence-electron chi connectivity index (χ3n) is 3.22. The van der Waals surface area contributed by atoms with Crippen LogP contribution < -0.4 is 10.1 Å². The Hall–Kier alpha value is -1.32. The molecule has 1 fully saturated rings. The van der Waals surface area contributed by atoms with Crippen molar-refractivity contribution >= 4 is 5.95 Å². The first-order valence-electron chi connectivity index (χ1n) is 5.85. The molecule has 0 radical (unpaired) electrons. The van der Waals surface area contributed by atoms with E-state index in [4.69, 9.17) is 4.74 Å². The summed E-state index contributed by atoms with van der Waals surface area (Å²) in [6, 6.07) is 2.34. The highest BCUT2D eigenvalue weighted by Gasteiger charge is 2.23. The first-order valence-corrected chi connectivity index (χ1v) is 5.85. The van der Waals surface area contributed by atoms with Crippen molar-refractivity contribution in [1.29, 1.82) is 0 Å². The molecule has 16 heavy (non-hydrogen) atoms. The van der Waals surface area contributed by atoms with Gasteiger partial charge in [0.2, 0.25) is 11.8 Å². The summed E-state index contributed by atoms with van der Waals surface area (Å²) in [7, 11) is 1.63. The van der Waals surface area contributed by atoms with Crippen LogP contribution in [0.2, 0.25) is 0 Å². The number of hydrogen-bond acceptors (Lipinski definition) is 4. The number of hydrogen-bond donors (Lipinski definition) is 1. The SMILES string of the molecule is COc1cc(C)nc(NC2CCCC2C)n1. The van der Waals surface area contributed by atoms with Crippen LogP contribution in [-0.2, 0) is 0 Å². The van der Waals surface area contributed by atoms with Crippen molar-refractivity contribution in [1.82, 2.24) is 9.97 Å². The predicted molar refractivity (Wildman–Crippen MR) is 63.7 cm³/mol. The third kappa shape index (κ3) is 2.43. The fourth-order valence-corrected chi connectivity index (χ4v) is 2.23. The van der Waals surface area contributed by atoms with Crippen molar-refractivity contribution in [3.8, 4) is 5.88 Å². The maximum atomic E-state index is 5.14. The van der Waals surface area contributed by atoms with Gasteiger partial charge < -0.3 is 10.1 Å². The van der Waals surface area contributed by atoms with E-state index in [1.807, 2.05) is 13.0 Å². The third-order valence-corrected chi connectivity index (χ3v) is 3.22. The quantitative estimate of drug-likeness (QED) is 0.851. The van der Waals surface area contributed by atoms with Gasteiger partial charge in [0.25, 0.3) is 0 Å². The van der Waals surface area contributed by atoms with Crippen molar-refractivity contribution in [2.24, 2.45) is 5.92 Å². The molecule has 1 aliphatic rings. The highest BCUT2D eigenvalue weighted by molar-refractivity contribution is 5.32. The van der Waals surface area contributed by atoms with Gasteiger partial charge in [-0.15, -0.1) is 0 Å². The Kier molecular flexibility index (Phi) is 3.27. The summed E-state index contributed by atoms with van der Waals surface area (Å²) in [5.74, 6) is 2.02. The zero-order chi connectivity index (χ0) is 11.5. The molecule has 2 unspecified atom stereocenters. The van der Waals surface area contributed by atoms with Crippen molar-refractivity contribution < 1.29 is 4.74 Å². The number of nitrogens with zero attached hydrogens (tertiary/aromatic N) is 2. The molecule has 0 bridgehead atoms. The van der Waals surface area contributed by atoms with Gasteiger partial charge in [-0.3, -0.25) is 0 Å². The Morgan fingerprint density at radius 2 is 2.19 bits per heavy atom. The number of ether oxygens (including phenoxy) is 1. The van der Waals surface area contributed by atoms with Crippen LogP contribution >= 0.6 is 0 Å². The molecule has 0 spiro atoms. The number of aromatic nitrogens is 2. The molecule has 2 atom stereocenters. The lowest BCUT2D eigenvalue weighted by atomic mass is 10.1. The number of methoxy groups -OCH3 is 1. The Morgan fingerprint density at radius 3 is 2.81 bits per heavy atom. The Balaban J connectivity index is 2.11. The molecule has 0 aliphatic heterocycles. The highest BCUT2D eigenvalue weighted by atomic mass is 16.5. The summed E-state index contributed by atoms with van der Waals surface area (Å²) in [6.45, 7) is 4.23. The van der Waals surface area contributed by atoms with Crippen LogP contribution in [0.4, 0.5) is 5.95 Å². The summed E-state index contributed by atoms with van der Waals surface area (Å²) < 4.78 is 5.14. The number of anilines is 1. The first-order chi connectivity index (χ1) is 7.69. The van der Waals surface area contributed by atoms with Crippen LogP contribution in [0.3, 0.4) is 0 Å². The summed E-state index contributed by atoms with van der Waals surface area (Å²) in [4.78, 5) is 8.68. The van der Waals surface area contributed by atoms with Crippen molar-refractivity contribution in [2.75, 3.05) is 12.4 Å². The Morgan fingerprint density at radius 1 is 1.38 bits per heavy atom. The maximum Gasteiger partial charge on any atom is 0.226 e. The number of nitrogens with one attached hydrogen (secondary N) is 1. The zero-order valence-corrected chi connectivity index (χ0v) is 10.2. The van der Waals surface area contributed by atoms with Crippen LogP contribution in [0.1, 0.15) is 31.9 Å². The molecule has 4 nitrogen and oxygen atoms in total. The standard InChI is InChI=1S/C12H19N3O/c1-8-5-4-6-10(8)14-12-13-9(2)7-11(15-12)16-3/h7-8,10H,4-6H2,1-3H3,(H,13,14,15). The van der Waals surface area contributed by atoms with Crippen LogP contribution in [0.25, 0.3) is 0 Å². The Bertz CT molecular complexity index is 367. The molecule has 1 aromatic heterocycles. The molecular formula is C12H19N3O. The van der Waals surface area contributed by atoms with E-state index < -0.39 is 0 Å². The van der Waals surface area contributed by atoms with E-state index in [1.54, 1.807) is 7.11 Å². The lowest BCUT2D eigenvalue weighted by Crippen LogP contribution is -2.23. The lowest BCUT2D eigenvalue weighted by molar-refractivity contribution is 0.396. The topological polar surface area (TPSA) is 47.0 Å². The molecule has 1 aliphatic carbocycles. The van der Waals surface area contributed by atoms with Gasteiger partial charge in [0.05, 0.1) is 7.11 Å². The molecule has 88 valence electrons. The van der Waals surface area contributed by atoms with E-state index in [0.29, 0.717) is 23.8 Å². The van der Waals surface area contributed by atoms with E-state index in [9.17, 15) is 0 Å². The summed E-state index contributed by atoms with van der Waals surface area (Å²) in [6.07, 6.45) is 3.79. The maximum absolute atomic E-state index is 5.14. The summed E-state index contributed by atoms with van der Waals surface area (Å²) >= 11 is 0. The molecular weight excluding hydrogens is 202 g/mol. The second kappa shape index (κ2) is 4.68. The van der Waals surface area contributed by atoms with E-state index in [2.05, 4.69) is 22.2 Å². The van der Waals surface area contributed by atoms with Crippen LogP contribution in [0.15, 0.2) is 6.07 Å². The highest BCUT2D eigenvalue weighted by Crippen LogP contribution is 2.27. The van der Waals surface area contributed by atoms with Crippen LogP contribution in [-0.4, -0.2) is 23.1 Å². The molecule has 1 heterocycles. The molecule has 0 amide bonds. The monoisotopic (exact) mass is 221 g/mol. The average molecular weight is 221 g/mol. The fourth-order valence-electron chi connectivity index (χ4n) is 2.23. The average Bonchev–Trinajstić information content (AvgIpc) is 2.63. The second-order valence-electron chi connectivity index (χ2n) is 4.53. The van der Waals surface area contributed by atoms with Gasteiger partial charge in [0.15, 0.2) is 0 Å². The van der Waals surface area contributed by atoms with Gasteiger partial charge in [-0.1, -0.05) is 13.3 Å². The minimum atomic E-state index is 0.506. The van der Waals surface area contributed by atoms with Crippen molar-refractivity contribution in [2.45, 2.75) is 39.2 Å². The largest absolute Gasteiger partial charge is 0.481 e. The van der Waals surface area contributed by atoms with Crippen LogP contribution in [0, 0.1) is 12.8 Å². The molecule has 4 heteroatoms. The molecule has 1 saturated carbocycles. The minimum absolute atomic E-state index is 0.506. The predicted octanol–water partition coefficient (Wildman–Crippen LogP) is 2.39. The van der Waals surface area contributed by atoms with Gasteiger partial charge in [-0.05, 0) is 25.7 Å². The first kappa shape index (κ1) is 11.2. The smallest absolute Gasteiger partial charge is 0.226 e. The molecule has 2 rings (SSSR count).